The van der Waals surface area contributed by atoms with Crippen LogP contribution in [0.2, 0.25) is 0 Å². The first-order valence-electron chi connectivity index (χ1n) is 16.4. The van der Waals surface area contributed by atoms with Crippen molar-refractivity contribution in [2.24, 2.45) is 46.3 Å². The van der Waals surface area contributed by atoms with Crippen LogP contribution in [-0.2, 0) is 18.9 Å². The van der Waals surface area contributed by atoms with Crippen LogP contribution in [0, 0.1) is 46.3 Å². The zero-order valence-corrected chi connectivity index (χ0v) is 25.2. The van der Waals surface area contributed by atoms with Crippen LogP contribution in [0.25, 0.3) is 0 Å². The average molecular weight is 581 g/mol. The number of rotatable bonds is 2. The predicted octanol–water partition coefficient (Wildman–Crippen LogP) is 2.34. The van der Waals surface area contributed by atoms with E-state index in [9.17, 15) is 25.5 Å². The fraction of sp³-hybridized carbons (Fsp3) is 1.00. The molecule has 5 N–H and O–H groups in total. The van der Waals surface area contributed by atoms with Crippen molar-refractivity contribution in [2.75, 3.05) is 13.2 Å². The zero-order valence-electron chi connectivity index (χ0n) is 25.2. The summed E-state index contributed by atoms with van der Waals surface area (Å²) in [5.41, 5.74) is -1.60. The van der Waals surface area contributed by atoms with Gasteiger partial charge in [0.15, 0.2) is 12.1 Å². The average Bonchev–Trinajstić information content (AvgIpc) is 3.37. The standard InChI is InChI=1S/C32H52O9/c1-16-5-10-32(39-14-16)17(2)25-23(41-32)12-21-19-6-9-31(37)13-18(40-28-27(36)26(35)22(33)15-38-28)11-24(34)30(31,4)20(19)7-8-29(21,25)3/h16-28,33-37H,5-15H2,1-4H3/t16-,17-,18-,19+,20-,21-,22-,23-,24+,25-,26+,27-,28+,29-,30-,31-,32+/m0/s1. The van der Waals surface area contributed by atoms with Crippen LogP contribution in [0.5, 0.6) is 0 Å². The molecule has 9 heteroatoms. The largest absolute Gasteiger partial charge is 0.392 e. The first kappa shape index (κ1) is 29.4. The van der Waals surface area contributed by atoms with Crippen LogP contribution in [0.1, 0.15) is 85.5 Å². The zero-order chi connectivity index (χ0) is 29.1. The van der Waals surface area contributed by atoms with Crippen LogP contribution in [0.4, 0.5) is 0 Å². The number of hydrogen-bond donors (Lipinski definition) is 5. The van der Waals surface area contributed by atoms with Gasteiger partial charge in [-0.3, -0.25) is 0 Å². The minimum Gasteiger partial charge on any atom is -0.392 e. The molecule has 3 saturated heterocycles. The molecule has 0 amide bonds. The molecule has 0 aromatic rings. The second kappa shape index (κ2) is 9.82. The number of ether oxygens (including phenoxy) is 4. The van der Waals surface area contributed by atoms with Crippen LogP contribution < -0.4 is 0 Å². The first-order valence-corrected chi connectivity index (χ1v) is 16.4. The Morgan fingerprint density at radius 1 is 0.854 bits per heavy atom. The summed E-state index contributed by atoms with van der Waals surface area (Å²) in [6.07, 6.45) is 1.31. The van der Waals surface area contributed by atoms with Crippen molar-refractivity contribution in [1.29, 1.82) is 0 Å². The molecule has 3 heterocycles. The molecular formula is C32H52O9. The molecule has 3 aliphatic heterocycles. The Labute approximate surface area is 243 Å². The monoisotopic (exact) mass is 580 g/mol. The molecule has 9 nitrogen and oxygen atoms in total. The topological polar surface area (TPSA) is 138 Å². The maximum Gasteiger partial charge on any atom is 0.186 e. The molecule has 0 aromatic carbocycles. The van der Waals surface area contributed by atoms with E-state index >= 15 is 0 Å². The normalized spacial score (nSPS) is 62.1. The molecule has 1 spiro atoms. The van der Waals surface area contributed by atoms with E-state index in [0.717, 1.165) is 45.1 Å². The van der Waals surface area contributed by atoms with Gasteiger partial charge in [0.25, 0.3) is 0 Å². The second-order valence-corrected chi connectivity index (χ2v) is 15.7. The third-order valence-corrected chi connectivity index (χ3v) is 13.9. The first-order chi connectivity index (χ1) is 19.3. The Kier molecular flexibility index (Phi) is 7.03. The lowest BCUT2D eigenvalue weighted by Crippen LogP contribution is -2.68. The third kappa shape index (κ3) is 4.06. The lowest BCUT2D eigenvalue weighted by atomic mass is 9.42. The summed E-state index contributed by atoms with van der Waals surface area (Å²) in [7, 11) is 0. The Balaban J connectivity index is 1.08. The summed E-state index contributed by atoms with van der Waals surface area (Å²) in [6.45, 7) is 9.85. The molecule has 4 aliphatic carbocycles. The van der Waals surface area contributed by atoms with E-state index in [4.69, 9.17) is 18.9 Å². The number of aliphatic hydroxyl groups is 5. The summed E-state index contributed by atoms with van der Waals surface area (Å²) in [6, 6.07) is 0. The minimum atomic E-state index is -1.39. The highest BCUT2D eigenvalue weighted by molar-refractivity contribution is 5.19. The lowest BCUT2D eigenvalue weighted by Gasteiger charge is -2.65. The smallest absolute Gasteiger partial charge is 0.186 e. The lowest BCUT2D eigenvalue weighted by molar-refractivity contribution is -0.312. The van der Waals surface area contributed by atoms with Gasteiger partial charge in [-0.05, 0) is 73.5 Å². The molecule has 7 rings (SSSR count). The molecule has 0 bridgehead atoms. The van der Waals surface area contributed by atoms with Gasteiger partial charge in [0, 0.05) is 30.6 Å². The van der Waals surface area contributed by atoms with Crippen molar-refractivity contribution in [3.63, 3.8) is 0 Å². The van der Waals surface area contributed by atoms with Gasteiger partial charge in [-0.2, -0.15) is 0 Å². The summed E-state index contributed by atoms with van der Waals surface area (Å²) < 4.78 is 24.9. The minimum absolute atomic E-state index is 0.138. The molecule has 234 valence electrons. The van der Waals surface area contributed by atoms with Gasteiger partial charge in [-0.25, -0.2) is 0 Å². The van der Waals surface area contributed by atoms with Crippen molar-refractivity contribution in [3.8, 4) is 0 Å². The fourth-order valence-corrected chi connectivity index (χ4v) is 11.5. The summed E-state index contributed by atoms with van der Waals surface area (Å²) in [5, 5.41) is 54.3. The summed E-state index contributed by atoms with van der Waals surface area (Å²) in [4.78, 5) is 0. The van der Waals surface area contributed by atoms with Gasteiger partial charge in [0.1, 0.15) is 18.3 Å². The van der Waals surface area contributed by atoms with E-state index in [1.807, 2.05) is 0 Å². The van der Waals surface area contributed by atoms with Crippen LogP contribution in [-0.4, -0.2) is 93.0 Å². The van der Waals surface area contributed by atoms with Crippen molar-refractivity contribution in [1.82, 2.24) is 0 Å². The van der Waals surface area contributed by atoms with E-state index in [1.165, 1.54) is 0 Å². The molecule has 4 saturated carbocycles. The molecular weight excluding hydrogens is 528 g/mol. The fourth-order valence-electron chi connectivity index (χ4n) is 11.5. The molecule has 0 unspecified atom stereocenters. The van der Waals surface area contributed by atoms with Crippen molar-refractivity contribution < 1.29 is 44.5 Å². The number of aliphatic hydroxyl groups excluding tert-OH is 4. The van der Waals surface area contributed by atoms with E-state index in [-0.39, 0.29) is 24.0 Å². The highest BCUT2D eigenvalue weighted by Crippen LogP contribution is 2.72. The van der Waals surface area contributed by atoms with Crippen LogP contribution in [0.15, 0.2) is 0 Å². The molecule has 7 aliphatic rings. The highest BCUT2D eigenvalue weighted by Gasteiger charge is 2.72. The van der Waals surface area contributed by atoms with Gasteiger partial charge < -0.3 is 44.5 Å². The molecule has 7 fully saturated rings. The number of fused-ring (bicyclic) bond motifs is 7. The number of hydrogen-bond acceptors (Lipinski definition) is 9. The third-order valence-electron chi connectivity index (χ3n) is 13.9. The predicted molar refractivity (Wildman–Crippen MR) is 147 cm³/mol. The van der Waals surface area contributed by atoms with E-state index in [0.29, 0.717) is 48.9 Å². The van der Waals surface area contributed by atoms with Crippen LogP contribution in [0.3, 0.4) is 0 Å². The van der Waals surface area contributed by atoms with Gasteiger partial charge in [-0.1, -0.05) is 27.7 Å². The molecule has 41 heavy (non-hydrogen) atoms. The second-order valence-electron chi connectivity index (χ2n) is 15.7. The van der Waals surface area contributed by atoms with Crippen LogP contribution >= 0.6 is 0 Å². The van der Waals surface area contributed by atoms with Gasteiger partial charge >= 0.3 is 0 Å². The SMILES string of the molecule is C[C@H]1CC[C@@]2(OC1)O[C@H]1C[C@H]3[C@@H]4CC[C@]5(O)C[C@@H](O[C@H]6OC[C@H](O)[C@@H](O)[C@@H]6O)C[C@@H](O)[C@]5(C)[C@H]4CC[C@]3(C)[C@H]1[C@@H]2C. The summed E-state index contributed by atoms with van der Waals surface area (Å²) >= 11 is 0. The Morgan fingerprint density at radius 3 is 2.37 bits per heavy atom. The van der Waals surface area contributed by atoms with Crippen molar-refractivity contribution in [2.45, 2.75) is 140 Å². The molecule has 0 radical (unpaired) electrons. The maximum absolute atomic E-state index is 12.2. The Bertz CT molecular complexity index is 1000. The van der Waals surface area contributed by atoms with E-state index < -0.39 is 53.6 Å². The molecule has 17 atom stereocenters. The van der Waals surface area contributed by atoms with E-state index in [2.05, 4.69) is 27.7 Å². The van der Waals surface area contributed by atoms with Crippen molar-refractivity contribution >= 4 is 0 Å². The molecule has 0 aromatic heterocycles. The van der Waals surface area contributed by atoms with Crippen molar-refractivity contribution in [3.05, 3.63) is 0 Å². The summed E-state index contributed by atoms with van der Waals surface area (Å²) in [5.74, 6) is 2.13. The van der Waals surface area contributed by atoms with Gasteiger partial charge in [0.2, 0.25) is 0 Å². The van der Waals surface area contributed by atoms with Gasteiger partial charge in [-0.15, -0.1) is 0 Å². The highest BCUT2D eigenvalue weighted by atomic mass is 16.7. The van der Waals surface area contributed by atoms with Gasteiger partial charge in [0.05, 0.1) is 37.1 Å². The maximum atomic E-state index is 12.2. The Hall–Kier alpha value is -0.360. The quantitative estimate of drug-likeness (QED) is 0.312. The Morgan fingerprint density at radius 2 is 1.63 bits per heavy atom. The van der Waals surface area contributed by atoms with E-state index in [1.54, 1.807) is 0 Å².